The van der Waals surface area contributed by atoms with Crippen LogP contribution in [0.1, 0.15) is 113 Å². The third kappa shape index (κ3) is 7.10. The number of hydrogen-bond acceptors (Lipinski definition) is 13. The van der Waals surface area contributed by atoms with Gasteiger partial charge in [-0.15, -0.1) is 0 Å². The molecule has 0 amide bonds. The molecule has 2 aliphatic heterocycles. The van der Waals surface area contributed by atoms with E-state index in [4.69, 9.17) is 18.9 Å². The summed E-state index contributed by atoms with van der Waals surface area (Å²) < 4.78 is 24.9. The Balaban J connectivity index is 1.34. The molecule has 4 aliphatic carbocycles. The van der Waals surface area contributed by atoms with Crippen LogP contribution in [0.3, 0.4) is 0 Å². The van der Waals surface area contributed by atoms with Crippen LogP contribution >= 0.6 is 0 Å². The van der Waals surface area contributed by atoms with Gasteiger partial charge < -0.3 is 64.9 Å². The first-order valence-electron chi connectivity index (χ1n) is 20.9. The van der Waals surface area contributed by atoms with Crippen LogP contribution in [0.4, 0.5) is 0 Å². The average Bonchev–Trinajstić information content (AvgIpc) is 3.51. The quantitative estimate of drug-likeness (QED) is 0.145. The van der Waals surface area contributed by atoms with Gasteiger partial charge in [-0.25, -0.2) is 0 Å². The molecule has 2 heterocycles. The van der Waals surface area contributed by atoms with Gasteiger partial charge in [-0.2, -0.15) is 0 Å². The molecule has 2 saturated heterocycles. The molecule has 318 valence electrons. The Kier molecular flexibility index (Phi) is 12.5. The summed E-state index contributed by atoms with van der Waals surface area (Å²) in [6, 6.07) is 0. The van der Waals surface area contributed by atoms with E-state index in [0.29, 0.717) is 25.2 Å². The van der Waals surface area contributed by atoms with Gasteiger partial charge in [0, 0.05) is 0 Å². The summed E-state index contributed by atoms with van der Waals surface area (Å²) in [7, 11) is 0. The summed E-state index contributed by atoms with van der Waals surface area (Å²) >= 11 is 0. The van der Waals surface area contributed by atoms with Gasteiger partial charge in [-0.1, -0.05) is 46.3 Å². The van der Waals surface area contributed by atoms with Crippen LogP contribution in [0, 0.1) is 45.3 Å². The highest BCUT2D eigenvalue weighted by molar-refractivity contribution is 5.20. The van der Waals surface area contributed by atoms with Crippen molar-refractivity contribution in [3.8, 4) is 0 Å². The van der Waals surface area contributed by atoms with Gasteiger partial charge in [0.05, 0.1) is 31.0 Å². The predicted molar refractivity (Wildman–Crippen MR) is 201 cm³/mol. The molecule has 55 heavy (non-hydrogen) atoms. The first-order valence-corrected chi connectivity index (χ1v) is 20.9. The molecule has 0 bridgehead atoms. The van der Waals surface area contributed by atoms with Crippen molar-refractivity contribution >= 4 is 0 Å². The Morgan fingerprint density at radius 2 is 1.33 bits per heavy atom. The molecule has 13 nitrogen and oxygen atoms in total. The van der Waals surface area contributed by atoms with Gasteiger partial charge in [0.2, 0.25) is 0 Å². The van der Waals surface area contributed by atoms with Crippen LogP contribution < -0.4 is 0 Å². The molecule has 13 heteroatoms. The van der Waals surface area contributed by atoms with E-state index < -0.39 is 86.3 Å². The van der Waals surface area contributed by atoms with Crippen LogP contribution in [0.25, 0.3) is 0 Å². The van der Waals surface area contributed by atoms with E-state index in [-0.39, 0.29) is 45.5 Å². The normalized spacial score (nSPS) is 52.0. The number of aliphatic hydroxyl groups is 9. The fourth-order valence-corrected chi connectivity index (χ4v) is 13.3. The molecule has 0 aromatic carbocycles. The zero-order valence-electron chi connectivity index (χ0n) is 34.3. The molecule has 6 aliphatic rings. The van der Waals surface area contributed by atoms with Crippen molar-refractivity contribution in [2.24, 2.45) is 45.3 Å². The smallest absolute Gasteiger partial charge is 0.187 e. The summed E-state index contributed by atoms with van der Waals surface area (Å²) in [5.41, 5.74) is -0.445. The van der Waals surface area contributed by atoms with Crippen molar-refractivity contribution in [1.29, 1.82) is 0 Å². The van der Waals surface area contributed by atoms with E-state index in [0.717, 1.165) is 44.1 Å². The fraction of sp³-hybridized carbons (Fsp3) is 0.952. The highest BCUT2D eigenvalue weighted by Gasteiger charge is 2.71. The lowest BCUT2D eigenvalue weighted by atomic mass is 9.35. The molecule has 20 atom stereocenters. The van der Waals surface area contributed by atoms with Crippen molar-refractivity contribution in [1.82, 2.24) is 0 Å². The van der Waals surface area contributed by atoms with E-state index in [1.807, 2.05) is 20.8 Å². The van der Waals surface area contributed by atoms with Crippen LogP contribution in [0.2, 0.25) is 0 Å². The molecule has 4 saturated carbocycles. The second-order valence-corrected chi connectivity index (χ2v) is 20.1. The molecular weight excluding hydrogens is 712 g/mol. The fourth-order valence-electron chi connectivity index (χ4n) is 13.3. The van der Waals surface area contributed by atoms with Crippen molar-refractivity contribution in [2.45, 2.75) is 192 Å². The summed E-state index contributed by atoms with van der Waals surface area (Å²) in [4.78, 5) is 0. The molecule has 0 radical (unpaired) electrons. The van der Waals surface area contributed by atoms with Crippen molar-refractivity contribution in [3.05, 3.63) is 11.6 Å². The highest BCUT2D eigenvalue weighted by atomic mass is 16.8. The Morgan fingerprint density at radius 1 is 0.727 bits per heavy atom. The number of rotatable bonds is 10. The predicted octanol–water partition coefficient (Wildman–Crippen LogP) is 2.15. The van der Waals surface area contributed by atoms with Crippen molar-refractivity contribution in [3.63, 3.8) is 0 Å². The van der Waals surface area contributed by atoms with E-state index in [1.165, 1.54) is 0 Å². The zero-order valence-corrected chi connectivity index (χ0v) is 34.3. The lowest BCUT2D eigenvalue weighted by Gasteiger charge is -2.70. The molecule has 0 aromatic heterocycles. The largest absolute Gasteiger partial charge is 0.394 e. The number of aliphatic hydroxyl groups excluding tert-OH is 9. The molecule has 6 rings (SSSR count). The third-order valence-corrected chi connectivity index (χ3v) is 16.7. The minimum Gasteiger partial charge on any atom is -0.394 e. The SMILES string of the molecule is CC(C)=CCC[C@](C)(O[C@@H]1O[C@H](CO)[C@@H](O)[C@H](O)[C@H]1O[C@@H]1O[C@H](CO)[C@@H](O)[C@H](O)[C@H]1O)[C@H]1CC[C@]2(C)[C@@H]1[C@H](O)C[C@@H]1[C@@]3(C)CC[C@H](O)C(C)(C)[C@@H]3CC[C@]12C. The number of allylic oxidation sites excluding steroid dienone is 2. The Bertz CT molecular complexity index is 1370. The molecule has 6 fully saturated rings. The average molecular weight is 785 g/mol. The third-order valence-electron chi connectivity index (χ3n) is 16.7. The number of ether oxygens (including phenoxy) is 4. The van der Waals surface area contributed by atoms with E-state index >= 15 is 0 Å². The maximum absolute atomic E-state index is 12.5. The van der Waals surface area contributed by atoms with Crippen LogP contribution in [-0.2, 0) is 18.9 Å². The maximum atomic E-state index is 12.5. The van der Waals surface area contributed by atoms with E-state index in [9.17, 15) is 46.0 Å². The summed E-state index contributed by atoms with van der Waals surface area (Å²) in [5.74, 6) is 0.289. The first kappa shape index (κ1) is 43.8. The monoisotopic (exact) mass is 784 g/mol. The van der Waals surface area contributed by atoms with Crippen LogP contribution in [0.5, 0.6) is 0 Å². The van der Waals surface area contributed by atoms with Crippen molar-refractivity contribution < 1.29 is 64.9 Å². The van der Waals surface area contributed by atoms with E-state index in [2.05, 4.69) is 40.7 Å². The minimum absolute atomic E-state index is 0.0345. The lowest BCUT2D eigenvalue weighted by molar-refractivity contribution is -0.382. The van der Waals surface area contributed by atoms with Gasteiger partial charge in [0.1, 0.15) is 48.8 Å². The van der Waals surface area contributed by atoms with Gasteiger partial charge in [-0.05, 0) is 124 Å². The second-order valence-electron chi connectivity index (χ2n) is 20.1. The second kappa shape index (κ2) is 15.7. The standard InChI is InChI=1S/C42H72O13/c1-21(2)10-9-14-42(8,55-37-35(33(50)31(48)25(20-44)53-37)54-36-34(51)32(49)30(47)24(19-43)52-36)22-11-16-41(7)29(22)23(45)18-27-39(5)15-13-28(46)38(3,4)26(39)12-17-40(27,41)6/h10,22-37,43-51H,9,11-20H2,1-8H3/t22-,23+,24+,25+,26-,27+,28-,29-,30+,31+,32-,33-,34+,35+,36-,37-,39-,40+,41+,42-/m0/s1. The summed E-state index contributed by atoms with van der Waals surface area (Å²) in [6.45, 7) is 16.4. The lowest BCUT2D eigenvalue weighted by Crippen LogP contribution is -2.67. The van der Waals surface area contributed by atoms with Crippen LogP contribution in [-0.4, -0.2) is 138 Å². The number of hydrogen-bond donors (Lipinski definition) is 9. The Morgan fingerprint density at radius 3 is 1.95 bits per heavy atom. The Labute approximate surface area is 327 Å². The van der Waals surface area contributed by atoms with Gasteiger partial charge in [-0.3, -0.25) is 0 Å². The molecular formula is C42H72O13. The number of fused-ring (bicyclic) bond motifs is 5. The van der Waals surface area contributed by atoms with Gasteiger partial charge in [0.25, 0.3) is 0 Å². The topological polar surface area (TPSA) is 219 Å². The highest BCUT2D eigenvalue weighted by Crippen LogP contribution is 2.76. The zero-order chi connectivity index (χ0) is 40.6. The maximum Gasteiger partial charge on any atom is 0.187 e. The molecule has 0 spiro atoms. The van der Waals surface area contributed by atoms with Crippen LogP contribution in [0.15, 0.2) is 11.6 Å². The summed E-state index contributed by atoms with van der Waals surface area (Å²) in [5, 5.41) is 97.8. The van der Waals surface area contributed by atoms with Gasteiger partial charge in [0.15, 0.2) is 12.6 Å². The minimum atomic E-state index is -1.78. The van der Waals surface area contributed by atoms with E-state index in [1.54, 1.807) is 0 Å². The molecule has 0 aromatic rings. The van der Waals surface area contributed by atoms with Gasteiger partial charge >= 0.3 is 0 Å². The molecule has 0 unspecified atom stereocenters. The first-order chi connectivity index (χ1) is 25.6. The van der Waals surface area contributed by atoms with Crippen molar-refractivity contribution in [2.75, 3.05) is 13.2 Å². The summed E-state index contributed by atoms with van der Waals surface area (Å²) in [6.07, 6.45) is -7.19. The molecule has 9 N–H and O–H groups in total. The Hall–Kier alpha value is -0.780.